The molecule has 0 aromatic heterocycles. The number of rotatable bonds is 5. The van der Waals surface area contributed by atoms with Gasteiger partial charge in [0.15, 0.2) is 0 Å². The van der Waals surface area contributed by atoms with Crippen molar-refractivity contribution in [1.82, 2.24) is 10.2 Å². The first-order valence-electron chi connectivity index (χ1n) is 5.86. The monoisotopic (exact) mass is 228 g/mol. The fourth-order valence-corrected chi connectivity index (χ4v) is 1.23. The van der Waals surface area contributed by atoms with E-state index in [2.05, 4.69) is 5.32 Å². The van der Waals surface area contributed by atoms with Gasteiger partial charge in [-0.1, -0.05) is 27.7 Å². The van der Waals surface area contributed by atoms with Crippen LogP contribution in [-0.2, 0) is 9.59 Å². The number of likely N-dealkylation sites (N-methyl/N-ethyl adjacent to an activating group) is 1. The summed E-state index contributed by atoms with van der Waals surface area (Å²) in [6, 6.07) is -0.417. The van der Waals surface area contributed by atoms with Crippen LogP contribution in [0.15, 0.2) is 0 Å². The molecular formula is C12H24N2O2. The van der Waals surface area contributed by atoms with Crippen molar-refractivity contribution in [2.45, 2.75) is 40.7 Å². The molecular weight excluding hydrogens is 204 g/mol. The molecule has 0 radical (unpaired) electrons. The van der Waals surface area contributed by atoms with Crippen LogP contribution in [0.25, 0.3) is 0 Å². The van der Waals surface area contributed by atoms with Gasteiger partial charge in [-0.3, -0.25) is 9.59 Å². The lowest BCUT2D eigenvalue weighted by atomic mass is 10.0. The first-order chi connectivity index (χ1) is 7.31. The average molecular weight is 228 g/mol. The standard InChI is InChI=1S/C12H24N2O2/c1-7-14(6)12(16)10(8(2)3)13-11(15)9(4)5/h8-10H,7H2,1-6H3,(H,13,15). The van der Waals surface area contributed by atoms with Crippen LogP contribution in [0.4, 0.5) is 0 Å². The molecule has 0 saturated carbocycles. The SMILES string of the molecule is CCN(C)C(=O)C(NC(=O)C(C)C)C(C)C. The number of hydrogen-bond acceptors (Lipinski definition) is 2. The van der Waals surface area contributed by atoms with Crippen LogP contribution in [0.2, 0.25) is 0 Å². The largest absolute Gasteiger partial charge is 0.344 e. The molecule has 0 aromatic carbocycles. The van der Waals surface area contributed by atoms with E-state index in [1.54, 1.807) is 11.9 Å². The third kappa shape index (κ3) is 4.21. The van der Waals surface area contributed by atoms with Gasteiger partial charge < -0.3 is 10.2 Å². The van der Waals surface area contributed by atoms with Gasteiger partial charge in [-0.25, -0.2) is 0 Å². The van der Waals surface area contributed by atoms with Gasteiger partial charge in [0.25, 0.3) is 0 Å². The minimum Gasteiger partial charge on any atom is -0.344 e. The van der Waals surface area contributed by atoms with E-state index in [4.69, 9.17) is 0 Å². The van der Waals surface area contributed by atoms with Gasteiger partial charge >= 0.3 is 0 Å². The lowest BCUT2D eigenvalue weighted by Crippen LogP contribution is -2.51. The predicted octanol–water partition coefficient (Wildman–Crippen LogP) is 1.26. The minimum absolute atomic E-state index is 0.0218. The molecule has 1 N–H and O–H groups in total. The molecule has 0 heterocycles. The van der Waals surface area contributed by atoms with E-state index in [9.17, 15) is 9.59 Å². The van der Waals surface area contributed by atoms with Crippen molar-refractivity contribution in [1.29, 1.82) is 0 Å². The molecule has 0 aliphatic carbocycles. The van der Waals surface area contributed by atoms with E-state index in [0.717, 1.165) is 0 Å². The molecule has 94 valence electrons. The molecule has 16 heavy (non-hydrogen) atoms. The van der Waals surface area contributed by atoms with Crippen LogP contribution < -0.4 is 5.32 Å². The van der Waals surface area contributed by atoms with Gasteiger partial charge in [0.1, 0.15) is 6.04 Å². The highest BCUT2D eigenvalue weighted by molar-refractivity contribution is 5.88. The van der Waals surface area contributed by atoms with E-state index < -0.39 is 6.04 Å². The van der Waals surface area contributed by atoms with Crippen LogP contribution in [0.1, 0.15) is 34.6 Å². The number of amides is 2. The van der Waals surface area contributed by atoms with Crippen LogP contribution in [0.3, 0.4) is 0 Å². The van der Waals surface area contributed by atoms with Gasteiger partial charge in [-0.2, -0.15) is 0 Å². The molecule has 0 spiro atoms. The zero-order chi connectivity index (χ0) is 12.9. The lowest BCUT2D eigenvalue weighted by molar-refractivity contribution is -0.137. The number of carbonyl (C=O) groups is 2. The molecule has 4 heteroatoms. The zero-order valence-electron chi connectivity index (χ0n) is 11.2. The Balaban J connectivity index is 4.63. The van der Waals surface area contributed by atoms with Gasteiger partial charge in [0.2, 0.25) is 11.8 Å². The molecule has 4 nitrogen and oxygen atoms in total. The third-order valence-electron chi connectivity index (χ3n) is 2.61. The van der Waals surface area contributed by atoms with Crippen molar-refractivity contribution in [2.24, 2.45) is 11.8 Å². The summed E-state index contributed by atoms with van der Waals surface area (Å²) < 4.78 is 0. The zero-order valence-corrected chi connectivity index (χ0v) is 11.2. The van der Waals surface area contributed by atoms with E-state index in [0.29, 0.717) is 6.54 Å². The fraction of sp³-hybridized carbons (Fsp3) is 0.833. The lowest BCUT2D eigenvalue weighted by Gasteiger charge is -2.26. The summed E-state index contributed by atoms with van der Waals surface area (Å²) in [6.07, 6.45) is 0. The summed E-state index contributed by atoms with van der Waals surface area (Å²) in [5.41, 5.74) is 0. The van der Waals surface area contributed by atoms with E-state index in [-0.39, 0.29) is 23.7 Å². The fourth-order valence-electron chi connectivity index (χ4n) is 1.23. The molecule has 0 aliphatic heterocycles. The Morgan fingerprint density at radius 3 is 2.00 bits per heavy atom. The number of carbonyl (C=O) groups excluding carboxylic acids is 2. The molecule has 0 aromatic rings. The summed E-state index contributed by atoms with van der Waals surface area (Å²) >= 11 is 0. The highest BCUT2D eigenvalue weighted by Gasteiger charge is 2.26. The van der Waals surface area contributed by atoms with Crippen LogP contribution >= 0.6 is 0 Å². The Bertz CT molecular complexity index is 249. The second kappa shape index (κ2) is 6.51. The van der Waals surface area contributed by atoms with E-state index >= 15 is 0 Å². The van der Waals surface area contributed by atoms with E-state index in [1.807, 2.05) is 34.6 Å². The van der Waals surface area contributed by atoms with Crippen molar-refractivity contribution in [3.05, 3.63) is 0 Å². The van der Waals surface area contributed by atoms with Gasteiger partial charge in [0, 0.05) is 19.5 Å². The van der Waals surface area contributed by atoms with Gasteiger partial charge in [-0.05, 0) is 12.8 Å². The van der Waals surface area contributed by atoms with E-state index in [1.165, 1.54) is 0 Å². The highest BCUT2D eigenvalue weighted by Crippen LogP contribution is 2.06. The van der Waals surface area contributed by atoms with Crippen molar-refractivity contribution in [3.63, 3.8) is 0 Å². The van der Waals surface area contributed by atoms with Crippen molar-refractivity contribution < 1.29 is 9.59 Å². The Hall–Kier alpha value is -1.06. The second-order valence-electron chi connectivity index (χ2n) is 4.74. The highest BCUT2D eigenvalue weighted by atomic mass is 16.2. The maximum absolute atomic E-state index is 12.0. The third-order valence-corrected chi connectivity index (χ3v) is 2.61. The predicted molar refractivity (Wildman–Crippen MR) is 64.9 cm³/mol. The van der Waals surface area contributed by atoms with Gasteiger partial charge in [0.05, 0.1) is 0 Å². The normalized spacial score (nSPS) is 12.8. The maximum Gasteiger partial charge on any atom is 0.245 e. The molecule has 1 unspecified atom stereocenters. The number of nitrogens with one attached hydrogen (secondary N) is 1. The summed E-state index contributed by atoms with van der Waals surface area (Å²) in [6.45, 7) is 10.1. The van der Waals surface area contributed by atoms with Gasteiger partial charge in [-0.15, -0.1) is 0 Å². The molecule has 0 saturated heterocycles. The smallest absolute Gasteiger partial charge is 0.245 e. The van der Waals surface area contributed by atoms with Crippen LogP contribution in [0.5, 0.6) is 0 Å². The van der Waals surface area contributed by atoms with Crippen molar-refractivity contribution in [3.8, 4) is 0 Å². The Morgan fingerprint density at radius 1 is 1.19 bits per heavy atom. The number of nitrogens with zero attached hydrogens (tertiary/aromatic N) is 1. The quantitative estimate of drug-likeness (QED) is 0.770. The molecule has 0 rings (SSSR count). The molecule has 0 fully saturated rings. The average Bonchev–Trinajstić information content (AvgIpc) is 2.22. The Kier molecular flexibility index (Phi) is 6.08. The number of hydrogen-bond donors (Lipinski definition) is 1. The van der Waals surface area contributed by atoms with Crippen molar-refractivity contribution >= 4 is 11.8 Å². The van der Waals surface area contributed by atoms with Crippen LogP contribution in [-0.4, -0.2) is 36.3 Å². The molecule has 0 aliphatic rings. The Morgan fingerprint density at radius 2 is 1.69 bits per heavy atom. The summed E-state index contributed by atoms with van der Waals surface area (Å²) in [5, 5.41) is 2.80. The summed E-state index contributed by atoms with van der Waals surface area (Å²) in [5.74, 6) is -0.0896. The van der Waals surface area contributed by atoms with Crippen molar-refractivity contribution in [2.75, 3.05) is 13.6 Å². The summed E-state index contributed by atoms with van der Waals surface area (Å²) in [4.78, 5) is 25.2. The second-order valence-corrected chi connectivity index (χ2v) is 4.74. The minimum atomic E-state index is -0.417. The summed E-state index contributed by atoms with van der Waals surface area (Å²) in [7, 11) is 1.75. The molecule has 0 bridgehead atoms. The Labute approximate surface area is 98.4 Å². The first kappa shape index (κ1) is 14.9. The van der Waals surface area contributed by atoms with Crippen LogP contribution in [0, 0.1) is 11.8 Å². The first-order valence-corrected chi connectivity index (χ1v) is 5.86. The topological polar surface area (TPSA) is 49.4 Å². The molecule has 2 amide bonds. The molecule has 1 atom stereocenters. The maximum atomic E-state index is 12.0.